The molecule has 2 aromatic rings. The summed E-state index contributed by atoms with van der Waals surface area (Å²) in [6.07, 6.45) is 2.15. The zero-order chi connectivity index (χ0) is 12.5. The summed E-state index contributed by atoms with van der Waals surface area (Å²) < 4.78 is 7.50. The van der Waals surface area contributed by atoms with Crippen LogP contribution in [-0.4, -0.2) is 27.8 Å². The van der Waals surface area contributed by atoms with E-state index >= 15 is 0 Å². The maximum atomic E-state index is 5.42. The number of nitrogens with zero attached hydrogens (tertiary/aromatic N) is 3. The van der Waals surface area contributed by atoms with Crippen LogP contribution in [0.25, 0.3) is 11.5 Å². The summed E-state index contributed by atoms with van der Waals surface area (Å²) in [5.74, 6) is 1.89. The SMILES string of the molecule is Cc1ccc(-c2noc(C3CCNCC3)n2)n1C. The standard InChI is InChI=1S/C13H18N4O/c1-9-3-4-11(17(9)2)12-15-13(18-16-12)10-5-7-14-8-6-10/h3-4,10,14H,5-8H2,1-2H3. The van der Waals surface area contributed by atoms with E-state index in [1.807, 2.05) is 13.1 Å². The number of aromatic nitrogens is 3. The summed E-state index contributed by atoms with van der Waals surface area (Å²) in [6.45, 7) is 4.13. The molecule has 0 aliphatic carbocycles. The molecule has 0 spiro atoms. The topological polar surface area (TPSA) is 55.9 Å². The highest BCUT2D eigenvalue weighted by molar-refractivity contribution is 5.50. The number of nitrogens with one attached hydrogen (secondary N) is 1. The Labute approximate surface area is 106 Å². The van der Waals surface area contributed by atoms with E-state index in [1.165, 1.54) is 5.69 Å². The third-order valence-corrected chi connectivity index (χ3v) is 3.73. The lowest BCUT2D eigenvalue weighted by Crippen LogP contribution is -2.26. The second-order valence-electron chi connectivity index (χ2n) is 4.90. The molecule has 0 unspecified atom stereocenters. The first kappa shape index (κ1) is 11.5. The summed E-state index contributed by atoms with van der Waals surface area (Å²) in [5, 5.41) is 7.45. The van der Waals surface area contributed by atoms with Crippen LogP contribution in [0.1, 0.15) is 30.3 Å². The van der Waals surface area contributed by atoms with E-state index in [-0.39, 0.29) is 0 Å². The van der Waals surface area contributed by atoms with Gasteiger partial charge in [-0.05, 0) is 45.0 Å². The van der Waals surface area contributed by atoms with Crippen LogP contribution in [-0.2, 0) is 7.05 Å². The van der Waals surface area contributed by atoms with Gasteiger partial charge in [-0.2, -0.15) is 4.98 Å². The van der Waals surface area contributed by atoms with Crippen LogP contribution >= 0.6 is 0 Å². The van der Waals surface area contributed by atoms with Crippen molar-refractivity contribution >= 4 is 0 Å². The predicted octanol–water partition coefficient (Wildman–Crippen LogP) is 1.85. The van der Waals surface area contributed by atoms with Gasteiger partial charge in [-0.25, -0.2) is 0 Å². The van der Waals surface area contributed by atoms with Gasteiger partial charge in [0.25, 0.3) is 0 Å². The molecule has 5 heteroatoms. The first-order valence-corrected chi connectivity index (χ1v) is 6.42. The van der Waals surface area contributed by atoms with E-state index in [0.29, 0.717) is 11.7 Å². The van der Waals surface area contributed by atoms with Gasteiger partial charge in [-0.1, -0.05) is 5.16 Å². The number of hydrogen-bond acceptors (Lipinski definition) is 4. The zero-order valence-corrected chi connectivity index (χ0v) is 10.8. The Morgan fingerprint density at radius 3 is 2.78 bits per heavy atom. The molecule has 1 fully saturated rings. The van der Waals surface area contributed by atoms with Crippen LogP contribution in [0.3, 0.4) is 0 Å². The van der Waals surface area contributed by atoms with Gasteiger partial charge < -0.3 is 14.4 Å². The quantitative estimate of drug-likeness (QED) is 0.878. The Morgan fingerprint density at radius 2 is 2.11 bits per heavy atom. The third-order valence-electron chi connectivity index (χ3n) is 3.73. The summed E-state index contributed by atoms with van der Waals surface area (Å²) in [4.78, 5) is 4.55. The van der Waals surface area contributed by atoms with Crippen molar-refractivity contribution in [2.75, 3.05) is 13.1 Å². The summed E-state index contributed by atoms with van der Waals surface area (Å²) in [6, 6.07) is 4.10. The molecule has 0 aromatic carbocycles. The van der Waals surface area contributed by atoms with Gasteiger partial charge in [0.15, 0.2) is 0 Å². The van der Waals surface area contributed by atoms with Crippen molar-refractivity contribution in [1.29, 1.82) is 0 Å². The predicted molar refractivity (Wildman–Crippen MR) is 68.3 cm³/mol. The third kappa shape index (κ3) is 1.95. The molecule has 0 saturated carbocycles. The number of rotatable bonds is 2. The van der Waals surface area contributed by atoms with E-state index in [2.05, 4.69) is 33.0 Å². The molecular formula is C13H18N4O. The van der Waals surface area contributed by atoms with Crippen LogP contribution < -0.4 is 5.32 Å². The number of hydrogen-bond donors (Lipinski definition) is 1. The Balaban J connectivity index is 1.87. The van der Waals surface area contributed by atoms with Gasteiger partial charge in [0.1, 0.15) is 0 Å². The van der Waals surface area contributed by atoms with Crippen LogP contribution in [0.5, 0.6) is 0 Å². The monoisotopic (exact) mass is 246 g/mol. The molecule has 0 atom stereocenters. The summed E-state index contributed by atoms with van der Waals surface area (Å²) >= 11 is 0. The molecule has 1 aliphatic rings. The lowest BCUT2D eigenvalue weighted by atomic mass is 9.98. The van der Waals surface area contributed by atoms with E-state index in [9.17, 15) is 0 Å². The Bertz CT molecular complexity index is 537. The lowest BCUT2D eigenvalue weighted by molar-refractivity contribution is 0.320. The van der Waals surface area contributed by atoms with E-state index in [0.717, 1.165) is 37.5 Å². The first-order chi connectivity index (χ1) is 8.75. The fourth-order valence-electron chi connectivity index (χ4n) is 2.41. The van der Waals surface area contributed by atoms with Crippen molar-refractivity contribution in [1.82, 2.24) is 20.0 Å². The van der Waals surface area contributed by atoms with Crippen LogP contribution in [0.4, 0.5) is 0 Å². The average Bonchev–Trinajstić information content (AvgIpc) is 3.00. The van der Waals surface area contributed by atoms with Gasteiger partial charge >= 0.3 is 0 Å². The second kappa shape index (κ2) is 4.57. The minimum absolute atomic E-state index is 0.411. The lowest BCUT2D eigenvalue weighted by Gasteiger charge is -2.18. The molecule has 1 N–H and O–H groups in total. The molecule has 2 aromatic heterocycles. The zero-order valence-electron chi connectivity index (χ0n) is 10.8. The minimum atomic E-state index is 0.411. The minimum Gasteiger partial charge on any atom is -0.345 e. The fraction of sp³-hybridized carbons (Fsp3) is 0.538. The number of aryl methyl sites for hydroxylation is 1. The molecule has 3 heterocycles. The highest BCUT2D eigenvalue weighted by Crippen LogP contribution is 2.26. The Morgan fingerprint density at radius 1 is 1.33 bits per heavy atom. The van der Waals surface area contributed by atoms with Crippen molar-refractivity contribution in [2.45, 2.75) is 25.7 Å². The summed E-state index contributed by atoms with van der Waals surface area (Å²) in [7, 11) is 2.02. The molecule has 3 rings (SSSR count). The number of piperidine rings is 1. The molecular weight excluding hydrogens is 228 g/mol. The van der Waals surface area contributed by atoms with Crippen molar-refractivity contribution in [2.24, 2.45) is 7.05 Å². The highest BCUT2D eigenvalue weighted by Gasteiger charge is 2.22. The smallest absolute Gasteiger partial charge is 0.230 e. The molecule has 0 radical (unpaired) electrons. The first-order valence-electron chi connectivity index (χ1n) is 6.42. The van der Waals surface area contributed by atoms with Crippen LogP contribution in [0.2, 0.25) is 0 Å². The molecule has 1 saturated heterocycles. The maximum Gasteiger partial charge on any atom is 0.230 e. The van der Waals surface area contributed by atoms with Crippen molar-refractivity contribution in [3.63, 3.8) is 0 Å². The fourth-order valence-corrected chi connectivity index (χ4v) is 2.41. The molecule has 5 nitrogen and oxygen atoms in total. The molecule has 0 amide bonds. The second-order valence-corrected chi connectivity index (χ2v) is 4.90. The van der Waals surface area contributed by atoms with E-state index in [1.54, 1.807) is 0 Å². The molecule has 96 valence electrons. The largest absolute Gasteiger partial charge is 0.345 e. The van der Waals surface area contributed by atoms with Gasteiger partial charge in [0, 0.05) is 18.7 Å². The van der Waals surface area contributed by atoms with Crippen molar-refractivity contribution in [3.8, 4) is 11.5 Å². The van der Waals surface area contributed by atoms with Gasteiger partial charge in [0.05, 0.1) is 5.69 Å². The van der Waals surface area contributed by atoms with Crippen LogP contribution in [0, 0.1) is 6.92 Å². The maximum absolute atomic E-state index is 5.42. The van der Waals surface area contributed by atoms with Gasteiger partial charge in [-0.15, -0.1) is 0 Å². The van der Waals surface area contributed by atoms with E-state index in [4.69, 9.17) is 4.52 Å². The van der Waals surface area contributed by atoms with Gasteiger partial charge in [0.2, 0.25) is 11.7 Å². The van der Waals surface area contributed by atoms with E-state index < -0.39 is 0 Å². The Hall–Kier alpha value is -1.62. The van der Waals surface area contributed by atoms with Gasteiger partial charge in [-0.3, -0.25) is 0 Å². The highest BCUT2D eigenvalue weighted by atomic mass is 16.5. The van der Waals surface area contributed by atoms with Crippen LogP contribution in [0.15, 0.2) is 16.7 Å². The Kier molecular flexibility index (Phi) is 2.91. The molecule has 18 heavy (non-hydrogen) atoms. The molecule has 0 bridgehead atoms. The average molecular weight is 246 g/mol. The molecule has 1 aliphatic heterocycles. The van der Waals surface area contributed by atoms with Crippen molar-refractivity contribution < 1.29 is 4.52 Å². The summed E-state index contributed by atoms with van der Waals surface area (Å²) in [5.41, 5.74) is 2.20. The van der Waals surface area contributed by atoms with Crippen molar-refractivity contribution in [3.05, 3.63) is 23.7 Å². The normalized spacial score (nSPS) is 17.2.